The smallest absolute Gasteiger partial charge is 0.203 e. The highest BCUT2D eigenvalue weighted by molar-refractivity contribution is 6.30. The molecule has 1 aromatic carbocycles. The maximum absolute atomic E-state index is 5.77. The zero-order chi connectivity index (χ0) is 9.68. The summed E-state index contributed by atoms with van der Waals surface area (Å²) in [6.07, 6.45) is 0. The lowest BCUT2D eigenvalue weighted by Crippen LogP contribution is -2.23. The third-order valence-corrected chi connectivity index (χ3v) is 1.85. The van der Waals surface area contributed by atoms with Gasteiger partial charge in [0.2, 0.25) is 5.96 Å². The topological polar surface area (TPSA) is 50.4 Å². The Labute approximate surface area is 86.7 Å². The van der Waals surface area contributed by atoms with Crippen LogP contribution < -0.4 is 10.6 Å². The minimum Gasteiger partial charge on any atom is -0.369 e. The molecular formula is C8H9Cl2N3. The second-order valence-corrected chi connectivity index (χ2v) is 3.05. The van der Waals surface area contributed by atoms with E-state index in [0.717, 1.165) is 5.56 Å². The molecule has 1 rings (SSSR count). The third kappa shape index (κ3) is 3.53. The minimum atomic E-state index is 0.196. The van der Waals surface area contributed by atoms with Crippen LogP contribution in [0.5, 0.6) is 0 Å². The summed E-state index contributed by atoms with van der Waals surface area (Å²) in [5, 5.41) is 0.685. The Morgan fingerprint density at radius 3 is 2.92 bits per heavy atom. The molecule has 5 heteroatoms. The highest BCUT2D eigenvalue weighted by Gasteiger charge is 1.93. The third-order valence-electron chi connectivity index (χ3n) is 1.42. The minimum absolute atomic E-state index is 0.196. The molecule has 0 spiro atoms. The van der Waals surface area contributed by atoms with Crippen LogP contribution in [-0.2, 0) is 6.54 Å². The molecule has 0 aliphatic carbocycles. The Kier molecular flexibility index (Phi) is 3.86. The van der Waals surface area contributed by atoms with Crippen molar-refractivity contribution in [3.8, 4) is 0 Å². The van der Waals surface area contributed by atoms with E-state index in [0.29, 0.717) is 11.6 Å². The van der Waals surface area contributed by atoms with Crippen LogP contribution in [0.1, 0.15) is 5.56 Å². The van der Waals surface area contributed by atoms with Crippen molar-refractivity contribution >= 4 is 29.3 Å². The van der Waals surface area contributed by atoms with E-state index in [1.54, 1.807) is 6.07 Å². The van der Waals surface area contributed by atoms with Gasteiger partial charge in [-0.1, -0.05) is 23.7 Å². The monoisotopic (exact) mass is 217 g/mol. The molecule has 3 N–H and O–H groups in total. The van der Waals surface area contributed by atoms with Crippen LogP contribution in [-0.4, -0.2) is 5.96 Å². The van der Waals surface area contributed by atoms with Crippen molar-refractivity contribution in [2.45, 2.75) is 6.54 Å². The van der Waals surface area contributed by atoms with Gasteiger partial charge in [0.1, 0.15) is 0 Å². The lowest BCUT2D eigenvalue weighted by Gasteiger charge is -1.98. The van der Waals surface area contributed by atoms with E-state index in [1.807, 2.05) is 18.2 Å². The van der Waals surface area contributed by atoms with Crippen molar-refractivity contribution in [1.82, 2.24) is 4.84 Å². The van der Waals surface area contributed by atoms with E-state index in [4.69, 9.17) is 29.1 Å². The van der Waals surface area contributed by atoms with Crippen LogP contribution in [0, 0.1) is 0 Å². The van der Waals surface area contributed by atoms with Gasteiger partial charge in [-0.05, 0) is 17.7 Å². The van der Waals surface area contributed by atoms with Gasteiger partial charge in [-0.2, -0.15) is 0 Å². The van der Waals surface area contributed by atoms with E-state index in [9.17, 15) is 0 Å². The fourth-order valence-corrected chi connectivity index (χ4v) is 1.11. The largest absolute Gasteiger partial charge is 0.369 e. The van der Waals surface area contributed by atoms with Crippen LogP contribution in [0.4, 0.5) is 0 Å². The van der Waals surface area contributed by atoms with Crippen LogP contribution in [0.25, 0.3) is 0 Å². The maximum Gasteiger partial charge on any atom is 0.203 e. The highest BCUT2D eigenvalue weighted by atomic mass is 35.5. The zero-order valence-corrected chi connectivity index (χ0v) is 8.31. The molecule has 3 nitrogen and oxygen atoms in total. The number of rotatable bonds is 2. The van der Waals surface area contributed by atoms with Crippen molar-refractivity contribution in [2.75, 3.05) is 0 Å². The molecule has 0 aliphatic heterocycles. The first kappa shape index (κ1) is 10.2. The van der Waals surface area contributed by atoms with Crippen LogP contribution in [0.2, 0.25) is 5.02 Å². The number of guanidine groups is 1. The number of benzene rings is 1. The van der Waals surface area contributed by atoms with E-state index >= 15 is 0 Å². The SMILES string of the molecule is NC(=NCc1cccc(Cl)c1)NCl. The number of nitrogens with two attached hydrogens (primary N) is 1. The van der Waals surface area contributed by atoms with Crippen LogP contribution in [0.15, 0.2) is 29.3 Å². The Balaban J connectivity index is 2.64. The number of nitrogens with one attached hydrogen (secondary N) is 1. The fourth-order valence-electron chi connectivity index (χ4n) is 0.842. The molecular weight excluding hydrogens is 209 g/mol. The summed E-state index contributed by atoms with van der Waals surface area (Å²) in [4.78, 5) is 6.16. The zero-order valence-electron chi connectivity index (χ0n) is 6.80. The molecule has 0 unspecified atom stereocenters. The fraction of sp³-hybridized carbons (Fsp3) is 0.125. The number of nitrogens with zero attached hydrogens (tertiary/aromatic N) is 1. The molecule has 0 saturated carbocycles. The average Bonchev–Trinajstić information content (AvgIpc) is 2.14. The van der Waals surface area contributed by atoms with Gasteiger partial charge in [-0.3, -0.25) is 4.84 Å². The molecule has 13 heavy (non-hydrogen) atoms. The molecule has 0 bridgehead atoms. The molecule has 0 amide bonds. The summed E-state index contributed by atoms with van der Waals surface area (Å²) < 4.78 is 0. The van der Waals surface area contributed by atoms with Crippen LogP contribution in [0.3, 0.4) is 0 Å². The molecule has 0 heterocycles. The predicted octanol–water partition coefficient (Wildman–Crippen LogP) is 1.90. The Morgan fingerprint density at radius 1 is 1.54 bits per heavy atom. The number of halogens is 2. The standard InChI is InChI=1S/C8H9Cl2N3/c9-7-3-1-2-6(4-7)5-12-8(11)13-10/h1-4H,5H2,(H3,11,12,13). The quantitative estimate of drug-likeness (QED) is 0.452. The Bertz CT molecular complexity index is 312. The summed E-state index contributed by atoms with van der Waals surface area (Å²) in [7, 11) is 0. The molecule has 0 aromatic heterocycles. The Hall–Kier alpha value is -0.930. The van der Waals surface area contributed by atoms with Gasteiger partial charge in [0.25, 0.3) is 0 Å². The van der Waals surface area contributed by atoms with E-state index in [1.165, 1.54) is 0 Å². The van der Waals surface area contributed by atoms with Gasteiger partial charge in [0, 0.05) is 16.8 Å². The summed E-state index contributed by atoms with van der Waals surface area (Å²) in [5.41, 5.74) is 6.32. The first-order chi connectivity index (χ1) is 6.22. The lowest BCUT2D eigenvalue weighted by molar-refractivity contribution is 1.05. The molecule has 0 saturated heterocycles. The maximum atomic E-state index is 5.77. The molecule has 0 fully saturated rings. The van der Waals surface area contributed by atoms with E-state index in [-0.39, 0.29) is 5.96 Å². The predicted molar refractivity (Wildman–Crippen MR) is 55.8 cm³/mol. The molecule has 0 aliphatic rings. The highest BCUT2D eigenvalue weighted by Crippen LogP contribution is 2.11. The normalized spacial score (nSPS) is 11.4. The second-order valence-electron chi connectivity index (χ2n) is 2.43. The van der Waals surface area contributed by atoms with Crippen molar-refractivity contribution in [1.29, 1.82) is 0 Å². The van der Waals surface area contributed by atoms with E-state index in [2.05, 4.69) is 9.83 Å². The first-order valence-electron chi connectivity index (χ1n) is 3.63. The Morgan fingerprint density at radius 2 is 2.31 bits per heavy atom. The lowest BCUT2D eigenvalue weighted by atomic mass is 10.2. The molecule has 70 valence electrons. The van der Waals surface area contributed by atoms with Crippen molar-refractivity contribution in [3.63, 3.8) is 0 Å². The number of hydrogen-bond acceptors (Lipinski definition) is 1. The van der Waals surface area contributed by atoms with Gasteiger partial charge in [0.15, 0.2) is 0 Å². The van der Waals surface area contributed by atoms with Crippen LogP contribution >= 0.6 is 23.4 Å². The molecule has 1 aromatic rings. The van der Waals surface area contributed by atoms with Gasteiger partial charge in [0.05, 0.1) is 6.54 Å². The van der Waals surface area contributed by atoms with Crippen molar-refractivity contribution in [2.24, 2.45) is 10.7 Å². The molecule has 0 atom stereocenters. The molecule has 0 radical (unpaired) electrons. The van der Waals surface area contributed by atoms with Gasteiger partial charge in [-0.15, -0.1) is 0 Å². The van der Waals surface area contributed by atoms with Gasteiger partial charge >= 0.3 is 0 Å². The van der Waals surface area contributed by atoms with Gasteiger partial charge in [-0.25, -0.2) is 4.99 Å². The first-order valence-corrected chi connectivity index (χ1v) is 4.39. The summed E-state index contributed by atoms with van der Waals surface area (Å²) >= 11 is 11.0. The summed E-state index contributed by atoms with van der Waals surface area (Å²) in [6, 6.07) is 7.40. The number of hydrogen-bond donors (Lipinski definition) is 2. The second kappa shape index (κ2) is 4.94. The van der Waals surface area contributed by atoms with Crippen molar-refractivity contribution < 1.29 is 0 Å². The summed E-state index contributed by atoms with van der Waals surface area (Å²) in [6.45, 7) is 0.464. The number of aliphatic imine (C=N–C) groups is 1. The van der Waals surface area contributed by atoms with E-state index < -0.39 is 0 Å². The summed E-state index contributed by atoms with van der Waals surface area (Å²) in [5.74, 6) is 0.196. The van der Waals surface area contributed by atoms with Crippen molar-refractivity contribution in [3.05, 3.63) is 34.9 Å². The average molecular weight is 218 g/mol. The van der Waals surface area contributed by atoms with Gasteiger partial charge < -0.3 is 5.73 Å².